The largest absolute Gasteiger partial charge is 0.363 e. The molecule has 0 bridgehead atoms. The maximum absolute atomic E-state index is 4.53. The van der Waals surface area contributed by atoms with Crippen LogP contribution >= 0.6 is 0 Å². The summed E-state index contributed by atoms with van der Waals surface area (Å²) in [6, 6.07) is 22.4. The molecule has 0 spiro atoms. The van der Waals surface area contributed by atoms with Gasteiger partial charge in [-0.2, -0.15) is 0 Å². The molecule has 2 N–H and O–H groups in total. The minimum absolute atomic E-state index is 0.146. The van der Waals surface area contributed by atoms with Crippen LogP contribution in [-0.2, 0) is 0 Å². The Morgan fingerprint density at radius 2 is 1.63 bits per heavy atom. The highest BCUT2D eigenvalue weighted by atomic mass is 15.1. The van der Waals surface area contributed by atoms with Crippen LogP contribution in [0.4, 0.5) is 17.3 Å². The summed E-state index contributed by atoms with van der Waals surface area (Å²) in [5, 5.41) is 7.93. The number of hydrogen-bond acceptors (Lipinski definition) is 5. The third-order valence-corrected chi connectivity index (χ3v) is 4.40. The first-order valence-corrected chi connectivity index (χ1v) is 8.97. The number of fused-ring (bicyclic) bond motifs is 1. The van der Waals surface area contributed by atoms with Gasteiger partial charge in [0, 0.05) is 23.7 Å². The number of aromatic nitrogens is 3. The number of aryl methyl sites for hydroxylation is 1. The van der Waals surface area contributed by atoms with Crippen molar-refractivity contribution in [1.82, 2.24) is 15.0 Å². The first kappa shape index (κ1) is 17.0. The molecule has 0 aliphatic carbocycles. The number of benzene rings is 2. The van der Waals surface area contributed by atoms with Crippen molar-refractivity contribution in [3.05, 3.63) is 84.3 Å². The normalized spacial score (nSPS) is 11.9. The van der Waals surface area contributed by atoms with Gasteiger partial charge in [-0.3, -0.25) is 4.98 Å². The highest BCUT2D eigenvalue weighted by molar-refractivity contribution is 5.91. The van der Waals surface area contributed by atoms with Gasteiger partial charge >= 0.3 is 0 Å². The van der Waals surface area contributed by atoms with Crippen molar-refractivity contribution in [1.29, 1.82) is 0 Å². The number of nitrogens with one attached hydrogen (secondary N) is 2. The Morgan fingerprint density at radius 3 is 2.48 bits per heavy atom. The maximum atomic E-state index is 4.53. The maximum Gasteiger partial charge on any atom is 0.136 e. The molecule has 1 unspecified atom stereocenters. The molecule has 134 valence electrons. The summed E-state index contributed by atoms with van der Waals surface area (Å²) in [5.74, 6) is 2.23. The molecule has 4 aromatic rings. The van der Waals surface area contributed by atoms with E-state index in [1.54, 1.807) is 6.20 Å². The molecule has 0 radical (unpaired) electrons. The minimum Gasteiger partial charge on any atom is -0.363 e. The van der Waals surface area contributed by atoms with Crippen LogP contribution in [0.1, 0.15) is 24.4 Å². The van der Waals surface area contributed by atoms with E-state index in [1.807, 2.05) is 61.5 Å². The molecule has 0 amide bonds. The fraction of sp³-hybridized carbons (Fsp3) is 0.136. The third-order valence-electron chi connectivity index (χ3n) is 4.40. The van der Waals surface area contributed by atoms with Gasteiger partial charge in [0.15, 0.2) is 0 Å². The number of hydrogen-bond donors (Lipinski definition) is 2. The highest BCUT2D eigenvalue weighted by Gasteiger charge is 2.09. The molecule has 5 heteroatoms. The lowest BCUT2D eigenvalue weighted by atomic mass is 10.1. The standard InChI is InChI=1S/C22H21N5/c1-15(17-8-4-3-5-9-17)24-20-14-21(26-16(2)25-20)27-19-12-6-10-18-11-7-13-23-22(18)19/h3-15H,1-2H3,(H2,24,25,26,27). The summed E-state index contributed by atoms with van der Waals surface area (Å²) in [6.07, 6.45) is 1.80. The minimum atomic E-state index is 0.146. The Bertz CT molecular complexity index is 1060. The van der Waals surface area contributed by atoms with E-state index in [1.165, 1.54) is 5.56 Å². The summed E-state index contributed by atoms with van der Waals surface area (Å²) < 4.78 is 0. The van der Waals surface area contributed by atoms with E-state index in [4.69, 9.17) is 0 Å². The van der Waals surface area contributed by atoms with Gasteiger partial charge in [-0.1, -0.05) is 48.5 Å². The number of rotatable bonds is 5. The average molecular weight is 355 g/mol. The molecule has 0 aliphatic rings. The molecule has 1 atom stereocenters. The molecule has 2 aromatic heterocycles. The van der Waals surface area contributed by atoms with Crippen LogP contribution in [0, 0.1) is 6.92 Å². The summed E-state index contributed by atoms with van der Waals surface area (Å²) in [6.45, 7) is 4.01. The van der Waals surface area contributed by atoms with Crippen LogP contribution in [0.5, 0.6) is 0 Å². The number of pyridine rings is 1. The van der Waals surface area contributed by atoms with Gasteiger partial charge < -0.3 is 10.6 Å². The molecular weight excluding hydrogens is 334 g/mol. The molecule has 2 heterocycles. The van der Waals surface area contributed by atoms with Crippen molar-refractivity contribution in [3.8, 4) is 0 Å². The van der Waals surface area contributed by atoms with Crippen LogP contribution < -0.4 is 10.6 Å². The van der Waals surface area contributed by atoms with Crippen molar-refractivity contribution < 1.29 is 0 Å². The Kier molecular flexibility index (Phi) is 4.66. The Morgan fingerprint density at radius 1 is 0.852 bits per heavy atom. The summed E-state index contributed by atoms with van der Waals surface area (Å²) in [7, 11) is 0. The molecule has 5 nitrogen and oxygen atoms in total. The summed E-state index contributed by atoms with van der Waals surface area (Å²) in [5.41, 5.74) is 3.05. The lowest BCUT2D eigenvalue weighted by Gasteiger charge is -2.16. The zero-order chi connectivity index (χ0) is 18.6. The van der Waals surface area contributed by atoms with E-state index in [0.717, 1.165) is 28.2 Å². The quantitative estimate of drug-likeness (QED) is 0.512. The van der Waals surface area contributed by atoms with E-state index in [0.29, 0.717) is 5.82 Å². The van der Waals surface area contributed by atoms with Gasteiger partial charge in [0.05, 0.1) is 11.2 Å². The highest BCUT2D eigenvalue weighted by Crippen LogP contribution is 2.25. The van der Waals surface area contributed by atoms with E-state index in [-0.39, 0.29) is 6.04 Å². The van der Waals surface area contributed by atoms with Gasteiger partial charge in [0.1, 0.15) is 17.5 Å². The van der Waals surface area contributed by atoms with Crippen molar-refractivity contribution >= 4 is 28.2 Å². The second kappa shape index (κ2) is 7.41. The molecular formula is C22H21N5. The van der Waals surface area contributed by atoms with Gasteiger partial charge in [-0.05, 0) is 31.5 Å². The first-order valence-electron chi connectivity index (χ1n) is 8.97. The van der Waals surface area contributed by atoms with Crippen molar-refractivity contribution in [2.45, 2.75) is 19.9 Å². The van der Waals surface area contributed by atoms with Crippen molar-refractivity contribution in [2.75, 3.05) is 10.6 Å². The van der Waals surface area contributed by atoms with E-state index in [9.17, 15) is 0 Å². The van der Waals surface area contributed by atoms with E-state index >= 15 is 0 Å². The second-order valence-corrected chi connectivity index (χ2v) is 6.47. The van der Waals surface area contributed by atoms with Gasteiger partial charge in [-0.25, -0.2) is 9.97 Å². The van der Waals surface area contributed by atoms with Crippen LogP contribution in [0.3, 0.4) is 0 Å². The SMILES string of the molecule is Cc1nc(Nc2cccc3cccnc23)cc(NC(C)c2ccccc2)n1. The van der Waals surface area contributed by atoms with Crippen molar-refractivity contribution in [3.63, 3.8) is 0 Å². The van der Waals surface area contributed by atoms with Gasteiger partial charge in [-0.15, -0.1) is 0 Å². The topological polar surface area (TPSA) is 62.7 Å². The van der Waals surface area contributed by atoms with Gasteiger partial charge in [0.25, 0.3) is 0 Å². The fourth-order valence-corrected chi connectivity index (χ4v) is 3.10. The molecule has 2 aromatic carbocycles. The molecule has 4 rings (SSSR count). The molecule has 0 fully saturated rings. The zero-order valence-corrected chi connectivity index (χ0v) is 15.3. The van der Waals surface area contributed by atoms with Crippen molar-refractivity contribution in [2.24, 2.45) is 0 Å². The average Bonchev–Trinajstić information content (AvgIpc) is 2.68. The fourth-order valence-electron chi connectivity index (χ4n) is 3.10. The Hall–Kier alpha value is -3.47. The molecule has 0 aliphatic heterocycles. The predicted octanol–water partition coefficient (Wildman–Crippen LogP) is 5.25. The lowest BCUT2D eigenvalue weighted by molar-refractivity contribution is 0.867. The molecule has 0 saturated heterocycles. The van der Waals surface area contributed by atoms with E-state index in [2.05, 4.69) is 44.6 Å². The lowest BCUT2D eigenvalue weighted by Crippen LogP contribution is -2.09. The third kappa shape index (κ3) is 3.87. The molecule has 0 saturated carbocycles. The van der Waals surface area contributed by atoms with Gasteiger partial charge in [0.2, 0.25) is 0 Å². The number of para-hydroxylation sites is 1. The Labute approximate surface area is 158 Å². The van der Waals surface area contributed by atoms with Crippen LogP contribution in [-0.4, -0.2) is 15.0 Å². The van der Waals surface area contributed by atoms with E-state index < -0.39 is 0 Å². The second-order valence-electron chi connectivity index (χ2n) is 6.47. The van der Waals surface area contributed by atoms with Crippen LogP contribution in [0.15, 0.2) is 72.9 Å². The summed E-state index contributed by atoms with van der Waals surface area (Å²) in [4.78, 5) is 13.5. The molecule has 27 heavy (non-hydrogen) atoms. The van der Waals surface area contributed by atoms with Crippen LogP contribution in [0.2, 0.25) is 0 Å². The number of nitrogens with zero attached hydrogens (tertiary/aromatic N) is 3. The predicted molar refractivity (Wildman–Crippen MR) is 110 cm³/mol. The zero-order valence-electron chi connectivity index (χ0n) is 15.3. The number of anilines is 3. The smallest absolute Gasteiger partial charge is 0.136 e. The monoisotopic (exact) mass is 355 g/mol. The van der Waals surface area contributed by atoms with Crippen LogP contribution in [0.25, 0.3) is 10.9 Å². The first-order chi connectivity index (χ1) is 13.2. The Balaban J connectivity index is 1.61. The summed E-state index contributed by atoms with van der Waals surface area (Å²) >= 11 is 0.